The van der Waals surface area contributed by atoms with Gasteiger partial charge < -0.3 is 10.0 Å². The molecule has 0 bridgehead atoms. The predicted octanol–water partition coefficient (Wildman–Crippen LogP) is 0.968. The summed E-state index contributed by atoms with van der Waals surface area (Å²) >= 11 is 0. The maximum absolute atomic E-state index is 12.4. The number of rotatable bonds is 3. The van der Waals surface area contributed by atoms with Crippen LogP contribution in [0.3, 0.4) is 0 Å². The van der Waals surface area contributed by atoms with E-state index in [1.165, 1.54) is 11.8 Å². The molecule has 0 saturated carbocycles. The van der Waals surface area contributed by atoms with Gasteiger partial charge in [0.05, 0.1) is 6.54 Å². The van der Waals surface area contributed by atoms with Gasteiger partial charge in [-0.05, 0) is 18.9 Å². The van der Waals surface area contributed by atoms with Crippen molar-refractivity contribution in [1.29, 1.82) is 0 Å². The number of nitrogens with one attached hydrogen (secondary N) is 1. The van der Waals surface area contributed by atoms with Crippen LogP contribution in [0.5, 0.6) is 0 Å². The highest BCUT2D eigenvalue weighted by atomic mass is 16.3. The van der Waals surface area contributed by atoms with Gasteiger partial charge in [0, 0.05) is 18.1 Å². The minimum absolute atomic E-state index is 0.0522. The molecule has 2 aliphatic rings. The van der Waals surface area contributed by atoms with E-state index in [1.807, 2.05) is 0 Å². The molecular weight excluding hydrogens is 272 g/mol. The molecular formula is C15H18N2O4. The third-order valence-electron chi connectivity index (χ3n) is 3.55. The number of aliphatic hydroxyl groups excluding tert-OH is 1. The SMILES string of the molecule is CCC(C(=O)NC(C)=O)N1CC2=C(O)C=CCC=C2C1=O. The van der Waals surface area contributed by atoms with Gasteiger partial charge in [0.1, 0.15) is 11.8 Å². The highest BCUT2D eigenvalue weighted by molar-refractivity contribution is 6.05. The molecule has 6 nitrogen and oxygen atoms in total. The second-order valence-electron chi connectivity index (χ2n) is 5.02. The first-order chi connectivity index (χ1) is 9.95. The van der Waals surface area contributed by atoms with E-state index in [9.17, 15) is 19.5 Å². The highest BCUT2D eigenvalue weighted by Gasteiger charge is 2.39. The van der Waals surface area contributed by atoms with Gasteiger partial charge in [0.2, 0.25) is 11.8 Å². The average molecular weight is 290 g/mol. The molecule has 1 atom stereocenters. The first kappa shape index (κ1) is 15.0. The number of fused-ring (bicyclic) bond motifs is 1. The highest BCUT2D eigenvalue weighted by Crippen LogP contribution is 2.30. The Morgan fingerprint density at radius 2 is 2.19 bits per heavy atom. The predicted molar refractivity (Wildman–Crippen MR) is 76.1 cm³/mol. The third-order valence-corrected chi connectivity index (χ3v) is 3.55. The number of hydrogen-bond donors (Lipinski definition) is 2. The molecule has 1 aliphatic carbocycles. The number of amides is 3. The van der Waals surface area contributed by atoms with E-state index >= 15 is 0 Å². The van der Waals surface area contributed by atoms with Crippen LogP contribution in [0.4, 0.5) is 0 Å². The smallest absolute Gasteiger partial charge is 0.255 e. The Morgan fingerprint density at radius 1 is 1.48 bits per heavy atom. The standard InChI is InChI=1S/C15H18N2O4/c1-3-12(14(20)16-9(2)18)17-8-11-10(15(17)21)6-4-5-7-13(11)19/h5-7,12,19H,3-4,8H2,1-2H3,(H,16,18,20). The van der Waals surface area contributed by atoms with Crippen LogP contribution in [0.1, 0.15) is 26.7 Å². The van der Waals surface area contributed by atoms with Crippen LogP contribution in [-0.4, -0.2) is 40.3 Å². The summed E-state index contributed by atoms with van der Waals surface area (Å²) in [6.07, 6.45) is 6.02. The van der Waals surface area contributed by atoms with Gasteiger partial charge in [-0.3, -0.25) is 19.7 Å². The molecule has 0 aromatic rings. The summed E-state index contributed by atoms with van der Waals surface area (Å²) in [4.78, 5) is 36.9. The molecule has 1 aliphatic heterocycles. The summed E-state index contributed by atoms with van der Waals surface area (Å²) in [5.74, 6) is -1.18. The van der Waals surface area contributed by atoms with E-state index in [4.69, 9.17) is 0 Å². The normalized spacial score (nSPS) is 19.0. The summed E-state index contributed by atoms with van der Waals surface area (Å²) < 4.78 is 0. The number of carbonyl (C=O) groups is 3. The van der Waals surface area contributed by atoms with Crippen molar-refractivity contribution in [2.75, 3.05) is 6.54 Å². The summed E-state index contributed by atoms with van der Waals surface area (Å²) in [7, 11) is 0. The van der Waals surface area contributed by atoms with E-state index in [0.717, 1.165) is 0 Å². The topological polar surface area (TPSA) is 86.7 Å². The van der Waals surface area contributed by atoms with Gasteiger partial charge in [0.25, 0.3) is 5.91 Å². The Bertz CT molecular complexity index is 586. The molecule has 0 aromatic heterocycles. The van der Waals surface area contributed by atoms with E-state index < -0.39 is 17.9 Å². The van der Waals surface area contributed by atoms with Crippen molar-refractivity contribution >= 4 is 17.7 Å². The van der Waals surface area contributed by atoms with E-state index in [0.29, 0.717) is 24.0 Å². The molecule has 112 valence electrons. The second kappa shape index (κ2) is 5.95. The first-order valence-corrected chi connectivity index (χ1v) is 6.87. The van der Waals surface area contributed by atoms with E-state index in [-0.39, 0.29) is 18.2 Å². The zero-order valence-corrected chi connectivity index (χ0v) is 12.0. The molecule has 2 rings (SSSR count). The number of carbonyl (C=O) groups excluding carboxylic acids is 3. The van der Waals surface area contributed by atoms with E-state index in [1.54, 1.807) is 25.2 Å². The molecule has 1 heterocycles. The molecule has 0 spiro atoms. The van der Waals surface area contributed by atoms with Crippen molar-refractivity contribution in [3.63, 3.8) is 0 Å². The van der Waals surface area contributed by atoms with Gasteiger partial charge in [-0.25, -0.2) is 0 Å². The van der Waals surface area contributed by atoms with Crippen LogP contribution in [-0.2, 0) is 14.4 Å². The van der Waals surface area contributed by atoms with Crippen LogP contribution < -0.4 is 5.32 Å². The van der Waals surface area contributed by atoms with Crippen LogP contribution in [0.25, 0.3) is 0 Å². The Balaban J connectivity index is 2.29. The lowest BCUT2D eigenvalue weighted by molar-refractivity contribution is -0.138. The van der Waals surface area contributed by atoms with Gasteiger partial charge in [-0.15, -0.1) is 0 Å². The number of likely N-dealkylation sites (tertiary alicyclic amines) is 1. The first-order valence-electron chi connectivity index (χ1n) is 6.87. The molecule has 2 N–H and O–H groups in total. The Morgan fingerprint density at radius 3 is 2.81 bits per heavy atom. The quantitative estimate of drug-likeness (QED) is 0.811. The summed E-state index contributed by atoms with van der Waals surface area (Å²) in [6.45, 7) is 3.20. The van der Waals surface area contributed by atoms with Crippen molar-refractivity contribution in [2.45, 2.75) is 32.7 Å². The van der Waals surface area contributed by atoms with Gasteiger partial charge in [-0.1, -0.05) is 19.1 Å². The summed E-state index contributed by atoms with van der Waals surface area (Å²) in [6, 6.07) is -0.724. The number of nitrogens with zero attached hydrogens (tertiary/aromatic N) is 1. The number of hydrogen-bond acceptors (Lipinski definition) is 4. The Labute approximate surface area is 122 Å². The monoisotopic (exact) mass is 290 g/mol. The van der Waals surface area contributed by atoms with Gasteiger partial charge in [-0.2, -0.15) is 0 Å². The number of imide groups is 1. The van der Waals surface area contributed by atoms with Gasteiger partial charge >= 0.3 is 0 Å². The molecule has 1 unspecified atom stereocenters. The lowest BCUT2D eigenvalue weighted by atomic mass is 10.1. The fourth-order valence-electron chi connectivity index (χ4n) is 2.56. The van der Waals surface area contributed by atoms with Crippen LogP contribution in [0, 0.1) is 0 Å². The van der Waals surface area contributed by atoms with Crippen LogP contribution >= 0.6 is 0 Å². The fraction of sp³-hybridized carbons (Fsp3) is 0.400. The minimum atomic E-state index is -0.724. The van der Waals surface area contributed by atoms with Gasteiger partial charge in [0.15, 0.2) is 0 Å². The third kappa shape index (κ3) is 2.89. The molecule has 21 heavy (non-hydrogen) atoms. The zero-order valence-electron chi connectivity index (χ0n) is 12.0. The summed E-state index contributed by atoms with van der Waals surface area (Å²) in [5, 5.41) is 12.2. The Hall–Kier alpha value is -2.37. The second-order valence-corrected chi connectivity index (χ2v) is 5.02. The molecule has 0 aromatic carbocycles. The van der Waals surface area contributed by atoms with Crippen LogP contribution in [0.2, 0.25) is 0 Å². The zero-order chi connectivity index (χ0) is 15.6. The number of allylic oxidation sites excluding steroid dienone is 3. The fourth-order valence-corrected chi connectivity index (χ4v) is 2.56. The molecule has 1 saturated heterocycles. The average Bonchev–Trinajstić information content (AvgIpc) is 2.61. The van der Waals surface area contributed by atoms with Crippen molar-refractivity contribution in [3.05, 3.63) is 35.1 Å². The lowest BCUT2D eigenvalue weighted by Crippen LogP contribution is -2.48. The van der Waals surface area contributed by atoms with Crippen molar-refractivity contribution in [3.8, 4) is 0 Å². The molecule has 3 amide bonds. The minimum Gasteiger partial charge on any atom is -0.508 e. The van der Waals surface area contributed by atoms with Crippen molar-refractivity contribution < 1.29 is 19.5 Å². The molecule has 0 radical (unpaired) electrons. The lowest BCUT2D eigenvalue weighted by Gasteiger charge is -2.24. The van der Waals surface area contributed by atoms with Crippen molar-refractivity contribution in [1.82, 2.24) is 10.2 Å². The van der Waals surface area contributed by atoms with Crippen LogP contribution in [0.15, 0.2) is 35.1 Å². The largest absolute Gasteiger partial charge is 0.508 e. The summed E-state index contributed by atoms with van der Waals surface area (Å²) in [5.41, 5.74) is 0.967. The van der Waals surface area contributed by atoms with E-state index in [2.05, 4.69) is 5.32 Å². The maximum Gasteiger partial charge on any atom is 0.255 e. The Kier molecular flexibility index (Phi) is 4.26. The molecule has 6 heteroatoms. The van der Waals surface area contributed by atoms with Crippen molar-refractivity contribution in [2.24, 2.45) is 0 Å². The molecule has 1 fully saturated rings. The maximum atomic E-state index is 12.4. The number of aliphatic hydroxyl groups is 1.